The summed E-state index contributed by atoms with van der Waals surface area (Å²) in [7, 11) is 1.64. The van der Waals surface area contributed by atoms with Crippen LogP contribution in [-0.4, -0.2) is 49.0 Å². The molecule has 4 aromatic rings. The maximum atomic E-state index is 14.1. The number of methoxy groups -OCH3 is 1. The van der Waals surface area contributed by atoms with Gasteiger partial charge in [-0.05, 0) is 71.7 Å². The van der Waals surface area contributed by atoms with E-state index in [-0.39, 0.29) is 5.91 Å². The Bertz CT molecular complexity index is 1280. The van der Waals surface area contributed by atoms with Gasteiger partial charge in [-0.1, -0.05) is 80.6 Å². The minimum Gasteiger partial charge on any atom is -0.496 e. The van der Waals surface area contributed by atoms with Crippen LogP contribution in [0.3, 0.4) is 0 Å². The fourth-order valence-corrected chi connectivity index (χ4v) is 4.79. The molecule has 4 rings (SSSR count). The van der Waals surface area contributed by atoms with Crippen LogP contribution >= 0.6 is 0 Å². The maximum absolute atomic E-state index is 14.1. The second-order valence-corrected chi connectivity index (χ2v) is 9.01. The van der Waals surface area contributed by atoms with Crippen LogP contribution in [0.5, 0.6) is 5.75 Å². The minimum atomic E-state index is 0.0228. The Hall–Kier alpha value is -3.37. The summed E-state index contributed by atoms with van der Waals surface area (Å²) in [5, 5.41) is 4.39. The summed E-state index contributed by atoms with van der Waals surface area (Å²) in [6.45, 7) is 8.85. The molecule has 0 saturated heterocycles. The van der Waals surface area contributed by atoms with Crippen molar-refractivity contribution in [2.24, 2.45) is 0 Å². The highest BCUT2D eigenvalue weighted by Gasteiger charge is 2.22. The lowest BCUT2D eigenvalue weighted by atomic mass is 10.0. The van der Waals surface area contributed by atoms with Crippen molar-refractivity contribution < 1.29 is 9.53 Å². The smallest absolute Gasteiger partial charge is 0.258 e. The maximum Gasteiger partial charge on any atom is 0.258 e. The van der Waals surface area contributed by atoms with Gasteiger partial charge in [-0.3, -0.25) is 4.79 Å². The lowest BCUT2D eigenvalue weighted by Crippen LogP contribution is -2.33. The van der Waals surface area contributed by atoms with Gasteiger partial charge in [0.1, 0.15) is 5.75 Å². The molecule has 0 bridgehead atoms. The van der Waals surface area contributed by atoms with Crippen molar-refractivity contribution in [3.05, 3.63) is 90.0 Å². The van der Waals surface area contributed by atoms with Crippen molar-refractivity contribution in [2.75, 3.05) is 33.3 Å². The summed E-state index contributed by atoms with van der Waals surface area (Å²) in [6, 6.07) is 26.8. The number of fused-ring (bicyclic) bond motifs is 2. The van der Waals surface area contributed by atoms with Crippen LogP contribution in [0, 0.1) is 0 Å². The van der Waals surface area contributed by atoms with Crippen LogP contribution in [0.25, 0.3) is 21.5 Å². The third-order valence-electron chi connectivity index (χ3n) is 6.85. The van der Waals surface area contributed by atoms with E-state index in [0.717, 1.165) is 48.8 Å². The Morgan fingerprint density at radius 1 is 0.771 bits per heavy atom. The second kappa shape index (κ2) is 11.9. The Morgan fingerprint density at radius 2 is 1.43 bits per heavy atom. The third kappa shape index (κ3) is 5.83. The number of carbonyl (C=O) groups excluding carboxylic acids is 1. The first-order valence-corrected chi connectivity index (χ1v) is 12.7. The van der Waals surface area contributed by atoms with Crippen LogP contribution in [0.1, 0.15) is 42.6 Å². The number of amides is 1. The van der Waals surface area contributed by atoms with Crippen LogP contribution in [-0.2, 0) is 6.54 Å². The molecular formula is C31H36N2O2. The lowest BCUT2D eigenvalue weighted by molar-refractivity contribution is 0.0737. The SMILES string of the molecule is CCN(CC)CCCCN(Cc1ccc2ccccc2c1)C(=O)c1c(OC)ccc2ccccc12. The third-order valence-corrected chi connectivity index (χ3v) is 6.85. The fraction of sp³-hybridized carbons (Fsp3) is 0.323. The van der Waals surface area contributed by atoms with Gasteiger partial charge >= 0.3 is 0 Å². The second-order valence-electron chi connectivity index (χ2n) is 9.01. The number of hydrogen-bond donors (Lipinski definition) is 0. The molecule has 0 N–H and O–H groups in total. The fourth-order valence-electron chi connectivity index (χ4n) is 4.79. The monoisotopic (exact) mass is 468 g/mol. The summed E-state index contributed by atoms with van der Waals surface area (Å²) in [5.74, 6) is 0.648. The molecule has 4 aromatic carbocycles. The summed E-state index contributed by atoms with van der Waals surface area (Å²) in [6.07, 6.45) is 2.03. The Labute approximate surface area is 209 Å². The van der Waals surface area contributed by atoms with Crippen LogP contribution in [0.15, 0.2) is 78.9 Å². The van der Waals surface area contributed by atoms with Crippen molar-refractivity contribution in [3.8, 4) is 5.75 Å². The van der Waals surface area contributed by atoms with Crippen molar-refractivity contribution in [1.29, 1.82) is 0 Å². The molecule has 0 fully saturated rings. The van der Waals surface area contributed by atoms with E-state index in [2.05, 4.69) is 61.2 Å². The first kappa shape index (κ1) is 24.7. The average molecular weight is 469 g/mol. The quantitative estimate of drug-likeness (QED) is 0.228. The lowest BCUT2D eigenvalue weighted by Gasteiger charge is -2.26. The number of unbranched alkanes of at least 4 members (excludes halogenated alkanes) is 1. The van der Waals surface area contributed by atoms with Gasteiger partial charge in [0.2, 0.25) is 0 Å². The van der Waals surface area contributed by atoms with E-state index in [1.54, 1.807) is 7.11 Å². The Balaban J connectivity index is 1.64. The minimum absolute atomic E-state index is 0.0228. The molecule has 0 saturated carbocycles. The van der Waals surface area contributed by atoms with Gasteiger partial charge in [-0.2, -0.15) is 0 Å². The zero-order valence-corrected chi connectivity index (χ0v) is 21.2. The molecule has 182 valence electrons. The van der Waals surface area contributed by atoms with E-state index in [9.17, 15) is 4.79 Å². The molecule has 0 atom stereocenters. The highest BCUT2D eigenvalue weighted by atomic mass is 16.5. The molecule has 0 spiro atoms. The zero-order chi connectivity index (χ0) is 24.6. The van der Waals surface area contributed by atoms with E-state index in [0.29, 0.717) is 24.4 Å². The van der Waals surface area contributed by atoms with E-state index >= 15 is 0 Å². The van der Waals surface area contributed by atoms with E-state index in [1.165, 1.54) is 10.8 Å². The predicted molar refractivity (Wildman–Crippen MR) is 146 cm³/mol. The van der Waals surface area contributed by atoms with E-state index < -0.39 is 0 Å². The van der Waals surface area contributed by atoms with Gasteiger partial charge in [0, 0.05) is 13.1 Å². The van der Waals surface area contributed by atoms with Gasteiger partial charge in [-0.25, -0.2) is 0 Å². The molecule has 35 heavy (non-hydrogen) atoms. The molecule has 4 heteroatoms. The highest BCUT2D eigenvalue weighted by Crippen LogP contribution is 2.30. The molecule has 1 amide bonds. The van der Waals surface area contributed by atoms with E-state index in [4.69, 9.17) is 4.74 Å². The largest absolute Gasteiger partial charge is 0.496 e. The van der Waals surface area contributed by atoms with Crippen LogP contribution < -0.4 is 4.74 Å². The van der Waals surface area contributed by atoms with Crippen molar-refractivity contribution in [3.63, 3.8) is 0 Å². The first-order chi connectivity index (χ1) is 17.1. The highest BCUT2D eigenvalue weighted by molar-refractivity contribution is 6.09. The normalized spacial score (nSPS) is 11.3. The summed E-state index contributed by atoms with van der Waals surface area (Å²) < 4.78 is 5.66. The summed E-state index contributed by atoms with van der Waals surface area (Å²) >= 11 is 0. The summed E-state index contributed by atoms with van der Waals surface area (Å²) in [4.78, 5) is 18.5. The van der Waals surface area contributed by atoms with Crippen molar-refractivity contribution >= 4 is 27.5 Å². The van der Waals surface area contributed by atoms with Gasteiger partial charge in [-0.15, -0.1) is 0 Å². The molecular weight excluding hydrogens is 432 g/mol. The number of nitrogens with zero attached hydrogens (tertiary/aromatic N) is 2. The van der Waals surface area contributed by atoms with Gasteiger partial charge in [0.15, 0.2) is 0 Å². The average Bonchev–Trinajstić information content (AvgIpc) is 2.91. The summed E-state index contributed by atoms with van der Waals surface area (Å²) in [5.41, 5.74) is 1.79. The first-order valence-electron chi connectivity index (χ1n) is 12.7. The molecule has 0 aliphatic rings. The van der Waals surface area contributed by atoms with Crippen LogP contribution in [0.4, 0.5) is 0 Å². The molecule has 0 aromatic heterocycles. The molecule has 0 heterocycles. The molecule has 0 aliphatic carbocycles. The molecule has 4 nitrogen and oxygen atoms in total. The van der Waals surface area contributed by atoms with E-state index in [1.807, 2.05) is 41.3 Å². The molecule has 0 radical (unpaired) electrons. The van der Waals surface area contributed by atoms with Gasteiger partial charge < -0.3 is 14.5 Å². The van der Waals surface area contributed by atoms with Gasteiger partial charge in [0.05, 0.1) is 12.7 Å². The zero-order valence-electron chi connectivity index (χ0n) is 21.2. The number of ether oxygens (including phenoxy) is 1. The van der Waals surface area contributed by atoms with Crippen molar-refractivity contribution in [1.82, 2.24) is 9.80 Å². The standard InChI is InChI=1S/C31H36N2O2/c1-4-32(5-2)20-10-11-21-33(23-24-16-17-25-12-6-7-14-27(25)22-24)31(34)30-28-15-9-8-13-26(28)18-19-29(30)35-3/h6-9,12-19,22H,4-5,10-11,20-21,23H2,1-3H3. The number of hydrogen-bond acceptors (Lipinski definition) is 3. The van der Waals surface area contributed by atoms with Crippen LogP contribution in [0.2, 0.25) is 0 Å². The molecule has 0 unspecified atom stereocenters. The molecule has 0 aliphatic heterocycles. The number of carbonyl (C=O) groups is 1. The van der Waals surface area contributed by atoms with Crippen molar-refractivity contribution in [2.45, 2.75) is 33.2 Å². The number of rotatable bonds is 11. The number of benzene rings is 4. The van der Waals surface area contributed by atoms with Gasteiger partial charge in [0.25, 0.3) is 5.91 Å². The Morgan fingerprint density at radius 3 is 2.17 bits per heavy atom. The topological polar surface area (TPSA) is 32.8 Å². The predicted octanol–water partition coefficient (Wildman–Crippen LogP) is 6.77. The Kier molecular flexibility index (Phi) is 8.38.